The molecule has 72 valence electrons. The Morgan fingerprint density at radius 2 is 2.07 bits per heavy atom. The van der Waals surface area contributed by atoms with E-state index in [1.807, 2.05) is 12.1 Å². The molecule has 0 aliphatic rings. The second-order valence-electron chi connectivity index (χ2n) is 2.76. The van der Waals surface area contributed by atoms with Crippen LogP contribution in [0.4, 0.5) is 0 Å². The first-order valence-electron chi connectivity index (χ1n) is 3.96. The molecule has 0 saturated heterocycles. The fourth-order valence-corrected chi connectivity index (χ4v) is 2.81. The maximum atomic E-state index is 4.05. The van der Waals surface area contributed by atoms with Crippen molar-refractivity contribution in [3.63, 3.8) is 0 Å². The second kappa shape index (κ2) is 4.51. The van der Waals surface area contributed by atoms with Gasteiger partial charge in [-0.3, -0.25) is 0 Å². The van der Waals surface area contributed by atoms with Crippen LogP contribution in [0.1, 0.15) is 10.6 Å². The van der Waals surface area contributed by atoms with E-state index in [0.29, 0.717) is 0 Å². The van der Waals surface area contributed by atoms with Crippen molar-refractivity contribution in [3.8, 4) is 0 Å². The van der Waals surface area contributed by atoms with Crippen LogP contribution >= 0.6 is 43.2 Å². The molecule has 0 radical (unpaired) electrons. The zero-order chi connectivity index (χ0) is 9.97. The Balaban J connectivity index is 2.18. The standard InChI is InChI=1S/C9H6Br2N2S/c10-7-3-1-2-6(4-7)5-8-12-13-9(11)14-8/h1-4H,5H2. The molecule has 2 aromatic rings. The van der Waals surface area contributed by atoms with Gasteiger partial charge in [-0.15, -0.1) is 10.2 Å². The molecule has 1 heterocycles. The lowest BCUT2D eigenvalue weighted by Crippen LogP contribution is -1.86. The normalized spacial score (nSPS) is 10.4. The van der Waals surface area contributed by atoms with E-state index in [9.17, 15) is 0 Å². The van der Waals surface area contributed by atoms with Crippen molar-refractivity contribution in [1.82, 2.24) is 10.2 Å². The zero-order valence-corrected chi connectivity index (χ0v) is 11.1. The third-order valence-electron chi connectivity index (χ3n) is 1.69. The lowest BCUT2D eigenvalue weighted by molar-refractivity contribution is 0.992. The van der Waals surface area contributed by atoms with Gasteiger partial charge in [0.05, 0.1) is 0 Å². The van der Waals surface area contributed by atoms with E-state index in [0.717, 1.165) is 19.8 Å². The number of hydrogen-bond acceptors (Lipinski definition) is 3. The average Bonchev–Trinajstić information content (AvgIpc) is 2.51. The number of aromatic nitrogens is 2. The van der Waals surface area contributed by atoms with Crippen LogP contribution in [-0.2, 0) is 6.42 Å². The Kier molecular flexibility index (Phi) is 3.30. The zero-order valence-electron chi connectivity index (χ0n) is 7.08. The van der Waals surface area contributed by atoms with Crippen LogP contribution in [0.25, 0.3) is 0 Å². The molecular formula is C9H6Br2N2S. The number of benzene rings is 1. The molecule has 0 aliphatic heterocycles. The van der Waals surface area contributed by atoms with Crippen LogP contribution in [0, 0.1) is 0 Å². The first kappa shape index (κ1) is 10.3. The summed E-state index contributed by atoms with van der Waals surface area (Å²) in [5.41, 5.74) is 1.24. The van der Waals surface area contributed by atoms with Gasteiger partial charge in [0.25, 0.3) is 0 Å². The van der Waals surface area contributed by atoms with Gasteiger partial charge in [0.2, 0.25) is 0 Å². The molecule has 0 unspecified atom stereocenters. The first-order chi connectivity index (χ1) is 6.74. The molecule has 0 N–H and O–H groups in total. The third kappa shape index (κ3) is 2.62. The summed E-state index contributed by atoms with van der Waals surface area (Å²) in [6.45, 7) is 0. The Bertz CT molecular complexity index is 442. The summed E-state index contributed by atoms with van der Waals surface area (Å²) in [6.07, 6.45) is 0.836. The summed E-state index contributed by atoms with van der Waals surface area (Å²) in [7, 11) is 0. The van der Waals surface area contributed by atoms with Crippen LogP contribution in [-0.4, -0.2) is 10.2 Å². The van der Waals surface area contributed by atoms with Gasteiger partial charge in [-0.05, 0) is 33.6 Å². The van der Waals surface area contributed by atoms with E-state index >= 15 is 0 Å². The minimum Gasteiger partial charge on any atom is -0.142 e. The molecule has 1 aromatic heterocycles. The summed E-state index contributed by atoms with van der Waals surface area (Å²) < 4.78 is 1.93. The fourth-order valence-electron chi connectivity index (χ4n) is 1.13. The van der Waals surface area contributed by atoms with E-state index in [-0.39, 0.29) is 0 Å². The first-order valence-corrected chi connectivity index (χ1v) is 6.36. The van der Waals surface area contributed by atoms with E-state index in [4.69, 9.17) is 0 Å². The largest absolute Gasteiger partial charge is 0.183 e. The molecule has 2 nitrogen and oxygen atoms in total. The molecular weight excluding hydrogens is 328 g/mol. The molecule has 0 fully saturated rings. The summed E-state index contributed by atoms with van der Waals surface area (Å²) >= 11 is 8.30. The highest BCUT2D eigenvalue weighted by atomic mass is 79.9. The van der Waals surface area contributed by atoms with Crippen molar-refractivity contribution in [1.29, 1.82) is 0 Å². The summed E-state index contributed by atoms with van der Waals surface area (Å²) in [5, 5.41) is 8.98. The van der Waals surface area contributed by atoms with Crippen molar-refractivity contribution < 1.29 is 0 Å². The third-order valence-corrected chi connectivity index (χ3v) is 3.54. The van der Waals surface area contributed by atoms with Crippen molar-refractivity contribution in [3.05, 3.63) is 43.2 Å². The summed E-state index contributed by atoms with van der Waals surface area (Å²) in [4.78, 5) is 0. The molecule has 2 rings (SSSR count). The van der Waals surface area contributed by atoms with Crippen LogP contribution in [0.15, 0.2) is 32.7 Å². The lowest BCUT2D eigenvalue weighted by Gasteiger charge is -1.97. The van der Waals surface area contributed by atoms with Crippen molar-refractivity contribution >= 4 is 43.2 Å². The van der Waals surface area contributed by atoms with E-state index < -0.39 is 0 Å². The topological polar surface area (TPSA) is 25.8 Å². The lowest BCUT2D eigenvalue weighted by atomic mass is 10.2. The quantitative estimate of drug-likeness (QED) is 0.838. The van der Waals surface area contributed by atoms with Crippen LogP contribution in [0.2, 0.25) is 0 Å². The van der Waals surface area contributed by atoms with Crippen LogP contribution in [0.5, 0.6) is 0 Å². The van der Waals surface area contributed by atoms with Gasteiger partial charge in [-0.1, -0.05) is 39.4 Å². The summed E-state index contributed by atoms with van der Waals surface area (Å²) in [6, 6.07) is 8.21. The van der Waals surface area contributed by atoms with Crippen LogP contribution < -0.4 is 0 Å². The Hall–Kier alpha value is -0.260. The molecule has 5 heteroatoms. The SMILES string of the molecule is Brc1cccc(Cc2nnc(Br)s2)c1. The Morgan fingerprint density at radius 3 is 2.71 bits per heavy atom. The van der Waals surface area contributed by atoms with E-state index in [2.05, 4.69) is 54.2 Å². The number of rotatable bonds is 2. The van der Waals surface area contributed by atoms with Gasteiger partial charge < -0.3 is 0 Å². The Morgan fingerprint density at radius 1 is 1.21 bits per heavy atom. The molecule has 0 amide bonds. The molecule has 1 aromatic carbocycles. The van der Waals surface area contributed by atoms with Crippen molar-refractivity contribution in [2.24, 2.45) is 0 Å². The number of nitrogens with zero attached hydrogens (tertiary/aromatic N) is 2. The smallest absolute Gasteiger partial charge is 0.142 e. The van der Waals surface area contributed by atoms with Gasteiger partial charge >= 0.3 is 0 Å². The highest BCUT2D eigenvalue weighted by Gasteiger charge is 2.02. The predicted octanol–water partition coefficient (Wildman–Crippen LogP) is 3.65. The molecule has 0 bridgehead atoms. The van der Waals surface area contributed by atoms with Crippen molar-refractivity contribution in [2.45, 2.75) is 6.42 Å². The second-order valence-corrected chi connectivity index (χ2v) is 6.01. The molecule has 14 heavy (non-hydrogen) atoms. The minimum absolute atomic E-state index is 0.836. The number of hydrogen-bond donors (Lipinski definition) is 0. The maximum absolute atomic E-state index is 4.05. The van der Waals surface area contributed by atoms with Gasteiger partial charge in [-0.25, -0.2) is 0 Å². The van der Waals surface area contributed by atoms with Gasteiger partial charge in [0, 0.05) is 10.9 Å². The van der Waals surface area contributed by atoms with E-state index in [1.54, 1.807) is 11.3 Å². The van der Waals surface area contributed by atoms with Gasteiger partial charge in [0.1, 0.15) is 5.01 Å². The maximum Gasteiger partial charge on any atom is 0.183 e. The summed E-state index contributed by atoms with van der Waals surface area (Å²) in [5.74, 6) is 0. The minimum atomic E-state index is 0.836. The monoisotopic (exact) mass is 332 g/mol. The van der Waals surface area contributed by atoms with Gasteiger partial charge in [-0.2, -0.15) is 0 Å². The predicted molar refractivity (Wildman–Crippen MR) is 64.6 cm³/mol. The van der Waals surface area contributed by atoms with Crippen molar-refractivity contribution in [2.75, 3.05) is 0 Å². The average molecular weight is 334 g/mol. The molecule has 0 aliphatic carbocycles. The van der Waals surface area contributed by atoms with Crippen LogP contribution in [0.3, 0.4) is 0 Å². The Labute approximate surface area is 103 Å². The fraction of sp³-hybridized carbons (Fsp3) is 0.111. The highest BCUT2D eigenvalue weighted by Crippen LogP contribution is 2.20. The molecule has 0 atom stereocenters. The number of halogens is 2. The van der Waals surface area contributed by atoms with Gasteiger partial charge in [0.15, 0.2) is 3.92 Å². The molecule has 0 spiro atoms. The van der Waals surface area contributed by atoms with E-state index in [1.165, 1.54) is 5.56 Å². The molecule has 0 saturated carbocycles. The highest BCUT2D eigenvalue weighted by molar-refractivity contribution is 9.11.